The van der Waals surface area contributed by atoms with Crippen molar-refractivity contribution in [2.75, 3.05) is 0 Å². The predicted molar refractivity (Wildman–Crippen MR) is 77.8 cm³/mol. The second kappa shape index (κ2) is 5.48. The quantitative estimate of drug-likeness (QED) is 0.757. The van der Waals surface area contributed by atoms with E-state index in [4.69, 9.17) is 0 Å². The number of hydrogen-bond acceptors (Lipinski definition) is 1. The lowest BCUT2D eigenvalue weighted by molar-refractivity contribution is -0.207. The molecule has 0 N–H and O–H groups in total. The van der Waals surface area contributed by atoms with Gasteiger partial charge in [-0.3, -0.25) is 0 Å². The molecule has 2 aromatic rings. The van der Waals surface area contributed by atoms with Crippen molar-refractivity contribution in [2.45, 2.75) is 20.8 Å². The maximum Gasteiger partial charge on any atom is 0.000806 e. The van der Waals surface area contributed by atoms with Gasteiger partial charge in [0.25, 0.3) is 0 Å². The highest BCUT2D eigenvalue weighted by molar-refractivity contribution is 7.49. The summed E-state index contributed by atoms with van der Waals surface area (Å²) in [5, 5.41) is 13.4. The fraction of sp³-hybridized carbons (Fsp3) is 0.188. The van der Waals surface area contributed by atoms with Crippen LogP contribution in [0, 0.1) is 20.8 Å². The highest BCUT2D eigenvalue weighted by Crippen LogP contribution is 2.18. The van der Waals surface area contributed by atoms with Crippen molar-refractivity contribution in [2.24, 2.45) is 0 Å². The molecule has 2 aromatic carbocycles. The lowest BCUT2D eigenvalue weighted by atomic mass is 10.0. The van der Waals surface area contributed by atoms with E-state index in [0.717, 1.165) is 30.2 Å². The third kappa shape index (κ3) is 2.87. The highest BCUT2D eigenvalue weighted by atomic mass is 31.1. The summed E-state index contributed by atoms with van der Waals surface area (Å²) < 4.78 is 0. The van der Waals surface area contributed by atoms with Crippen LogP contribution in [0.3, 0.4) is 0 Å². The van der Waals surface area contributed by atoms with E-state index in [9.17, 15) is 5.11 Å². The standard InChI is InChI=1S/C16H17OP/c1-11-9-12(2)15(13(3)10-11)16(17)18-14-7-5-4-6-8-14/h4-10,17H,1-3H3/p-1. The van der Waals surface area contributed by atoms with Gasteiger partial charge >= 0.3 is 0 Å². The van der Waals surface area contributed by atoms with Gasteiger partial charge in [0.15, 0.2) is 0 Å². The summed E-state index contributed by atoms with van der Waals surface area (Å²) in [6.45, 7) is 6.07. The minimum absolute atomic E-state index is 0.177. The Morgan fingerprint density at radius 2 is 1.50 bits per heavy atom. The average Bonchev–Trinajstić information content (AvgIpc) is 2.28. The smallest absolute Gasteiger partial charge is 0.000806 e. The zero-order valence-electron chi connectivity index (χ0n) is 10.9. The molecule has 0 saturated carbocycles. The lowest BCUT2D eigenvalue weighted by Gasteiger charge is -2.18. The van der Waals surface area contributed by atoms with Crippen LogP contribution in [-0.4, -0.2) is 5.48 Å². The van der Waals surface area contributed by atoms with E-state index in [0.29, 0.717) is 0 Å². The van der Waals surface area contributed by atoms with Crippen LogP contribution in [-0.2, 0) is 0 Å². The van der Waals surface area contributed by atoms with E-state index < -0.39 is 0 Å². The molecule has 0 radical (unpaired) electrons. The van der Waals surface area contributed by atoms with Crippen LogP contribution in [0.25, 0.3) is 0 Å². The Hall–Kier alpha value is -1.43. The number of benzene rings is 2. The van der Waals surface area contributed by atoms with Crippen molar-refractivity contribution in [1.29, 1.82) is 0 Å². The summed E-state index contributed by atoms with van der Waals surface area (Å²) in [7, 11) is 0.749. The Labute approximate surface area is 110 Å². The van der Waals surface area contributed by atoms with Crippen LogP contribution < -0.4 is 10.4 Å². The number of rotatable bonds is 2. The van der Waals surface area contributed by atoms with Gasteiger partial charge in [0, 0.05) is 5.30 Å². The van der Waals surface area contributed by atoms with Crippen molar-refractivity contribution >= 4 is 19.0 Å². The second-order valence-electron chi connectivity index (χ2n) is 4.53. The summed E-state index contributed by atoms with van der Waals surface area (Å²) in [6, 6.07) is 14.0. The maximum atomic E-state index is 12.4. The largest absolute Gasteiger partial charge is 0.823 e. The minimum atomic E-state index is 0.177. The molecule has 0 aromatic heterocycles. The van der Waals surface area contributed by atoms with E-state index >= 15 is 0 Å². The van der Waals surface area contributed by atoms with Gasteiger partial charge in [-0.05, 0) is 37.5 Å². The zero-order valence-corrected chi connectivity index (χ0v) is 11.8. The van der Waals surface area contributed by atoms with Gasteiger partial charge in [-0.25, -0.2) is 0 Å². The van der Waals surface area contributed by atoms with E-state index in [1.165, 1.54) is 5.56 Å². The lowest BCUT2D eigenvalue weighted by Crippen LogP contribution is -2.20. The Balaban J connectivity index is 2.47. The molecule has 0 saturated heterocycles. The molecular formula is C16H16OP-. The first-order valence-electron chi connectivity index (χ1n) is 5.97. The number of hydrogen-bond donors (Lipinski definition) is 0. The first-order chi connectivity index (χ1) is 8.58. The molecule has 0 unspecified atom stereocenters. The van der Waals surface area contributed by atoms with E-state index in [-0.39, 0.29) is 5.48 Å². The minimum Gasteiger partial charge on any atom is -0.823 e. The second-order valence-corrected chi connectivity index (χ2v) is 5.67. The topological polar surface area (TPSA) is 23.1 Å². The molecule has 1 nitrogen and oxygen atoms in total. The Kier molecular flexibility index (Phi) is 3.96. The monoisotopic (exact) mass is 255 g/mol. The van der Waals surface area contributed by atoms with Crippen LogP contribution in [0.4, 0.5) is 0 Å². The van der Waals surface area contributed by atoms with Gasteiger partial charge in [-0.2, -0.15) is 0 Å². The van der Waals surface area contributed by atoms with Crippen LogP contribution in [0.5, 0.6) is 0 Å². The maximum absolute atomic E-state index is 12.4. The molecular weight excluding hydrogens is 239 g/mol. The fourth-order valence-corrected chi connectivity index (χ4v) is 3.21. The van der Waals surface area contributed by atoms with Gasteiger partial charge in [0.05, 0.1) is 0 Å². The average molecular weight is 255 g/mol. The highest BCUT2D eigenvalue weighted by Gasteiger charge is 2.02. The van der Waals surface area contributed by atoms with Gasteiger partial charge < -0.3 is 5.11 Å². The molecule has 18 heavy (non-hydrogen) atoms. The molecule has 0 amide bonds. The van der Waals surface area contributed by atoms with Crippen LogP contribution in [0.1, 0.15) is 22.3 Å². The normalized spacial score (nSPS) is 11.7. The molecule has 0 atom stereocenters. The van der Waals surface area contributed by atoms with Crippen molar-refractivity contribution in [1.82, 2.24) is 0 Å². The molecule has 0 spiro atoms. The first-order valence-corrected chi connectivity index (χ1v) is 6.86. The van der Waals surface area contributed by atoms with E-state index in [2.05, 4.69) is 19.1 Å². The van der Waals surface area contributed by atoms with Gasteiger partial charge in [0.1, 0.15) is 0 Å². The molecule has 2 heteroatoms. The Morgan fingerprint density at radius 3 is 2.06 bits per heavy atom. The Morgan fingerprint density at radius 1 is 0.944 bits per heavy atom. The van der Waals surface area contributed by atoms with Gasteiger partial charge in [-0.1, -0.05) is 56.2 Å². The van der Waals surface area contributed by atoms with Crippen LogP contribution in [0.2, 0.25) is 0 Å². The Bertz CT molecular complexity index is 562. The van der Waals surface area contributed by atoms with Crippen molar-refractivity contribution in [3.8, 4) is 0 Å². The van der Waals surface area contributed by atoms with Crippen LogP contribution in [0.15, 0.2) is 42.5 Å². The van der Waals surface area contributed by atoms with Crippen molar-refractivity contribution < 1.29 is 5.11 Å². The van der Waals surface area contributed by atoms with Crippen molar-refractivity contribution in [3.05, 3.63) is 64.7 Å². The third-order valence-corrected chi connectivity index (χ3v) is 3.86. The van der Waals surface area contributed by atoms with E-state index in [1.807, 2.05) is 44.2 Å². The van der Waals surface area contributed by atoms with Crippen molar-refractivity contribution in [3.63, 3.8) is 0 Å². The molecule has 92 valence electrons. The molecule has 0 fully saturated rings. The SMILES string of the molecule is Cc1cc(C)c(C([O-])=Pc2ccccc2)c(C)c1. The molecule has 0 aliphatic heterocycles. The summed E-state index contributed by atoms with van der Waals surface area (Å²) in [6.07, 6.45) is 0. The third-order valence-electron chi connectivity index (χ3n) is 2.88. The molecule has 0 heterocycles. The zero-order chi connectivity index (χ0) is 13.1. The molecule has 2 rings (SSSR count). The molecule has 0 aliphatic carbocycles. The summed E-state index contributed by atoms with van der Waals surface area (Å²) in [5.74, 6) is 0. The van der Waals surface area contributed by atoms with Crippen LogP contribution >= 0.6 is 8.20 Å². The van der Waals surface area contributed by atoms with Gasteiger partial charge in [0.2, 0.25) is 0 Å². The molecule has 0 bridgehead atoms. The fourth-order valence-electron chi connectivity index (χ4n) is 2.19. The first kappa shape index (κ1) is 13.0. The van der Waals surface area contributed by atoms with E-state index in [1.54, 1.807) is 0 Å². The summed E-state index contributed by atoms with van der Waals surface area (Å²) in [5.41, 5.74) is 4.39. The number of aryl methyl sites for hydroxylation is 3. The van der Waals surface area contributed by atoms with Gasteiger partial charge in [-0.15, -0.1) is 5.48 Å². The summed E-state index contributed by atoms with van der Waals surface area (Å²) >= 11 is 0. The summed E-state index contributed by atoms with van der Waals surface area (Å²) in [4.78, 5) is 0. The molecule has 0 aliphatic rings. The predicted octanol–water partition coefficient (Wildman–Crippen LogP) is 2.72.